The molecule has 1 atom stereocenters. The largest absolute Gasteiger partial charge is 0.456 e. The van der Waals surface area contributed by atoms with Crippen molar-refractivity contribution in [3.05, 3.63) is 63.9 Å². The third-order valence-electron chi connectivity index (χ3n) is 4.95. The van der Waals surface area contributed by atoms with Crippen LogP contribution in [0, 0.1) is 6.92 Å². The maximum absolute atomic E-state index is 12.2. The van der Waals surface area contributed by atoms with Crippen molar-refractivity contribution in [1.82, 2.24) is 14.8 Å². The van der Waals surface area contributed by atoms with Gasteiger partial charge in [-0.15, -0.1) is 11.3 Å². The van der Waals surface area contributed by atoms with E-state index in [9.17, 15) is 13.2 Å². The maximum Gasteiger partial charge on any atom is 0.331 e. The minimum absolute atomic E-state index is 0.0254. The molecule has 0 radical (unpaired) electrons. The number of carbonyl (C=O) groups excluding carboxylic acids is 1. The Hall–Kier alpha value is -2.49. The minimum Gasteiger partial charge on any atom is -0.456 e. The Morgan fingerprint density at radius 2 is 2.13 bits per heavy atom. The van der Waals surface area contributed by atoms with Crippen LogP contribution in [0.5, 0.6) is 0 Å². The van der Waals surface area contributed by atoms with Crippen molar-refractivity contribution in [1.29, 1.82) is 0 Å². The molecule has 1 aromatic carbocycles. The highest BCUT2D eigenvalue weighted by atomic mass is 35.5. The second kappa shape index (κ2) is 8.94. The van der Waals surface area contributed by atoms with Crippen LogP contribution in [0.1, 0.15) is 29.4 Å². The Balaban J connectivity index is 1.38. The van der Waals surface area contributed by atoms with Gasteiger partial charge in [0, 0.05) is 22.6 Å². The topological polar surface area (TPSA) is 91.2 Å². The molecule has 1 aliphatic rings. The van der Waals surface area contributed by atoms with Gasteiger partial charge in [-0.2, -0.15) is 5.10 Å². The van der Waals surface area contributed by atoms with Crippen molar-refractivity contribution in [2.75, 3.05) is 11.5 Å². The van der Waals surface area contributed by atoms with E-state index >= 15 is 0 Å². The molecular formula is C21H20ClN3O4S2. The number of carbonyl (C=O) groups is 1. The summed E-state index contributed by atoms with van der Waals surface area (Å²) in [4.78, 5) is 16.6. The number of thiazole rings is 1. The fraction of sp³-hybridized carbons (Fsp3) is 0.286. The molecule has 0 saturated carbocycles. The van der Waals surface area contributed by atoms with Gasteiger partial charge < -0.3 is 4.74 Å². The van der Waals surface area contributed by atoms with Crippen molar-refractivity contribution < 1.29 is 17.9 Å². The first kappa shape index (κ1) is 21.7. The number of nitrogens with zero attached hydrogens (tertiary/aromatic N) is 3. The Bertz CT molecular complexity index is 1230. The Kier molecular flexibility index (Phi) is 6.27. The first-order chi connectivity index (χ1) is 14.8. The van der Waals surface area contributed by atoms with Gasteiger partial charge in [0.1, 0.15) is 16.8 Å². The van der Waals surface area contributed by atoms with Crippen molar-refractivity contribution in [3.63, 3.8) is 0 Å². The van der Waals surface area contributed by atoms with E-state index in [4.69, 9.17) is 16.3 Å². The monoisotopic (exact) mass is 477 g/mol. The summed E-state index contributed by atoms with van der Waals surface area (Å²) in [5, 5.41) is 7.41. The Morgan fingerprint density at radius 1 is 1.35 bits per heavy atom. The zero-order valence-corrected chi connectivity index (χ0v) is 19.1. The molecule has 1 aliphatic heterocycles. The molecule has 0 bridgehead atoms. The van der Waals surface area contributed by atoms with Crippen LogP contribution in [0.4, 0.5) is 0 Å². The average Bonchev–Trinajstić information content (AvgIpc) is 3.43. The average molecular weight is 478 g/mol. The highest BCUT2D eigenvalue weighted by molar-refractivity contribution is 7.91. The standard InChI is InChI=1S/C21H20ClN3O4S2/c1-14-18(20(22)25(24-14)17-9-10-31(27,28)13-17)7-8-19(26)29-11-16-12-30-21(23-16)15-5-3-2-4-6-15/h2-8,12,17H,9-11,13H2,1H3. The van der Waals surface area contributed by atoms with E-state index in [1.54, 1.807) is 13.0 Å². The van der Waals surface area contributed by atoms with Gasteiger partial charge in [-0.3, -0.25) is 0 Å². The van der Waals surface area contributed by atoms with E-state index in [1.807, 2.05) is 35.7 Å². The van der Waals surface area contributed by atoms with Crippen LogP contribution in [0.3, 0.4) is 0 Å². The van der Waals surface area contributed by atoms with Crippen LogP contribution < -0.4 is 0 Å². The first-order valence-corrected chi connectivity index (χ1v) is 12.7. The fourth-order valence-electron chi connectivity index (χ4n) is 3.36. The number of rotatable bonds is 6. The third-order valence-corrected chi connectivity index (χ3v) is 8.01. The molecule has 1 fully saturated rings. The molecule has 4 rings (SSSR count). The molecule has 1 unspecified atom stereocenters. The lowest BCUT2D eigenvalue weighted by Gasteiger charge is -2.09. The lowest BCUT2D eigenvalue weighted by molar-refractivity contribution is -0.139. The van der Waals surface area contributed by atoms with Crippen LogP contribution in [-0.2, 0) is 26.0 Å². The maximum atomic E-state index is 12.2. The normalized spacial score (nSPS) is 17.9. The molecular weight excluding hydrogens is 458 g/mol. The zero-order chi connectivity index (χ0) is 22.0. The minimum atomic E-state index is -3.06. The molecule has 10 heteroatoms. The van der Waals surface area contributed by atoms with Crippen molar-refractivity contribution in [2.24, 2.45) is 0 Å². The smallest absolute Gasteiger partial charge is 0.331 e. The number of benzene rings is 1. The summed E-state index contributed by atoms with van der Waals surface area (Å²) in [6.07, 6.45) is 3.31. The second-order valence-corrected chi connectivity index (χ2v) is 10.7. The summed E-state index contributed by atoms with van der Waals surface area (Å²) in [6.45, 7) is 1.83. The Labute approximate surface area is 189 Å². The second-order valence-electron chi connectivity index (χ2n) is 7.24. The number of ether oxygens (including phenoxy) is 1. The number of aromatic nitrogens is 3. The van der Waals surface area contributed by atoms with E-state index in [1.165, 1.54) is 22.1 Å². The number of aryl methyl sites for hydroxylation is 1. The summed E-state index contributed by atoms with van der Waals surface area (Å²) in [5.74, 6) is -0.370. The predicted octanol–water partition coefficient (Wildman–Crippen LogP) is 4.08. The quantitative estimate of drug-likeness (QED) is 0.392. The van der Waals surface area contributed by atoms with Gasteiger partial charge in [0.05, 0.1) is 28.9 Å². The van der Waals surface area contributed by atoms with E-state index in [-0.39, 0.29) is 24.2 Å². The molecule has 0 N–H and O–H groups in total. The zero-order valence-electron chi connectivity index (χ0n) is 16.7. The highest BCUT2D eigenvalue weighted by Gasteiger charge is 2.31. The van der Waals surface area contributed by atoms with Gasteiger partial charge in [-0.05, 0) is 19.4 Å². The summed E-state index contributed by atoms with van der Waals surface area (Å²) in [7, 11) is -3.06. The summed E-state index contributed by atoms with van der Waals surface area (Å²) in [5.41, 5.74) is 2.88. The van der Waals surface area contributed by atoms with E-state index in [0.717, 1.165) is 10.6 Å². The van der Waals surface area contributed by atoms with Gasteiger partial charge in [-0.1, -0.05) is 41.9 Å². The molecule has 0 aliphatic carbocycles. The highest BCUT2D eigenvalue weighted by Crippen LogP contribution is 2.30. The molecule has 2 aromatic heterocycles. The van der Waals surface area contributed by atoms with Crippen molar-refractivity contribution in [2.45, 2.75) is 26.0 Å². The van der Waals surface area contributed by atoms with Crippen LogP contribution in [0.2, 0.25) is 5.15 Å². The lowest BCUT2D eigenvalue weighted by atomic mass is 10.2. The number of halogens is 1. The van der Waals surface area contributed by atoms with E-state index in [0.29, 0.717) is 28.5 Å². The van der Waals surface area contributed by atoms with Crippen LogP contribution in [-0.4, -0.2) is 40.7 Å². The van der Waals surface area contributed by atoms with Crippen LogP contribution >= 0.6 is 22.9 Å². The van der Waals surface area contributed by atoms with Gasteiger partial charge in [0.25, 0.3) is 0 Å². The Morgan fingerprint density at radius 3 is 2.84 bits per heavy atom. The molecule has 1 saturated heterocycles. The first-order valence-electron chi connectivity index (χ1n) is 9.62. The van der Waals surface area contributed by atoms with Gasteiger partial charge >= 0.3 is 5.97 Å². The molecule has 0 amide bonds. The van der Waals surface area contributed by atoms with E-state index < -0.39 is 15.8 Å². The summed E-state index contributed by atoms with van der Waals surface area (Å²) in [6, 6.07) is 9.51. The van der Waals surface area contributed by atoms with Gasteiger partial charge in [0.15, 0.2) is 9.84 Å². The van der Waals surface area contributed by atoms with Crippen molar-refractivity contribution >= 4 is 44.8 Å². The molecule has 3 aromatic rings. The lowest BCUT2D eigenvalue weighted by Crippen LogP contribution is -2.12. The third kappa shape index (κ3) is 5.06. The van der Waals surface area contributed by atoms with Crippen LogP contribution in [0.25, 0.3) is 16.6 Å². The number of esters is 1. The summed E-state index contributed by atoms with van der Waals surface area (Å²) < 4.78 is 30.3. The molecule has 162 valence electrons. The summed E-state index contributed by atoms with van der Waals surface area (Å²) >= 11 is 7.91. The number of sulfone groups is 1. The molecule has 0 spiro atoms. The fourth-order valence-corrected chi connectivity index (χ4v) is 6.24. The van der Waals surface area contributed by atoms with Crippen LogP contribution in [0.15, 0.2) is 41.8 Å². The molecule has 31 heavy (non-hydrogen) atoms. The SMILES string of the molecule is Cc1nn(C2CCS(=O)(=O)C2)c(Cl)c1C=CC(=O)OCc1csc(-c2ccccc2)n1. The number of hydrogen-bond acceptors (Lipinski definition) is 7. The number of hydrogen-bond donors (Lipinski definition) is 0. The molecule has 7 nitrogen and oxygen atoms in total. The van der Waals surface area contributed by atoms with Gasteiger partial charge in [0.2, 0.25) is 0 Å². The van der Waals surface area contributed by atoms with Crippen molar-refractivity contribution in [3.8, 4) is 10.6 Å². The van der Waals surface area contributed by atoms with E-state index in [2.05, 4.69) is 10.1 Å². The van der Waals surface area contributed by atoms with Gasteiger partial charge in [-0.25, -0.2) is 22.9 Å². The molecule has 3 heterocycles. The predicted molar refractivity (Wildman–Crippen MR) is 121 cm³/mol.